The van der Waals surface area contributed by atoms with Gasteiger partial charge >= 0.3 is 5.97 Å². The minimum absolute atomic E-state index is 0.0199. The van der Waals surface area contributed by atoms with Crippen LogP contribution in [0.3, 0.4) is 0 Å². The fourth-order valence-electron chi connectivity index (χ4n) is 2.41. The third kappa shape index (κ3) is 3.65. The summed E-state index contributed by atoms with van der Waals surface area (Å²) in [5.74, 6) is -0.454. The molecule has 1 saturated heterocycles. The van der Waals surface area contributed by atoms with Crippen LogP contribution in [-0.4, -0.2) is 48.2 Å². The molecule has 6 heteroatoms. The Morgan fingerprint density at radius 1 is 1.33 bits per heavy atom. The monoisotopic (exact) mass is 293 g/mol. The van der Waals surface area contributed by atoms with Crippen molar-refractivity contribution in [3.8, 4) is 11.5 Å². The third-order valence-electron chi connectivity index (χ3n) is 3.51. The van der Waals surface area contributed by atoms with Gasteiger partial charge in [-0.3, -0.25) is 4.79 Å². The number of phenolic OH excluding ortho intramolecular Hbond substituents is 1. The lowest BCUT2D eigenvalue weighted by atomic mass is 10.0. The normalized spacial score (nSPS) is 18.1. The van der Waals surface area contributed by atoms with Crippen LogP contribution in [0.4, 0.5) is 0 Å². The van der Waals surface area contributed by atoms with Gasteiger partial charge in [0.1, 0.15) is 6.04 Å². The summed E-state index contributed by atoms with van der Waals surface area (Å²) < 4.78 is 10.1. The van der Waals surface area contributed by atoms with E-state index in [1.807, 2.05) is 0 Å². The summed E-state index contributed by atoms with van der Waals surface area (Å²) in [4.78, 5) is 25.4. The second-order valence-corrected chi connectivity index (χ2v) is 4.88. The van der Waals surface area contributed by atoms with Gasteiger partial charge in [0.25, 0.3) is 5.91 Å². The van der Waals surface area contributed by atoms with E-state index in [1.54, 1.807) is 18.2 Å². The number of likely N-dealkylation sites (tertiary alicyclic amines) is 1. The zero-order valence-corrected chi connectivity index (χ0v) is 11.9. The van der Waals surface area contributed by atoms with Crippen molar-refractivity contribution in [2.24, 2.45) is 0 Å². The molecule has 1 amide bonds. The SMILES string of the molecule is COC(=O)C1CCCCN1C(=O)COc1ccccc1O. The Balaban J connectivity index is 1.98. The Hall–Kier alpha value is -2.24. The molecule has 1 fully saturated rings. The van der Waals surface area contributed by atoms with Crippen molar-refractivity contribution in [2.75, 3.05) is 20.3 Å². The number of ether oxygens (including phenoxy) is 2. The van der Waals surface area contributed by atoms with Crippen molar-refractivity contribution >= 4 is 11.9 Å². The second-order valence-electron chi connectivity index (χ2n) is 4.88. The lowest BCUT2D eigenvalue weighted by Gasteiger charge is -2.33. The summed E-state index contributed by atoms with van der Waals surface area (Å²) in [6, 6.07) is 5.90. The Morgan fingerprint density at radius 2 is 2.10 bits per heavy atom. The molecule has 1 aromatic rings. The molecule has 21 heavy (non-hydrogen) atoms. The fourth-order valence-corrected chi connectivity index (χ4v) is 2.41. The second kappa shape index (κ2) is 6.97. The molecule has 1 N–H and O–H groups in total. The van der Waals surface area contributed by atoms with Crippen LogP contribution < -0.4 is 4.74 Å². The van der Waals surface area contributed by atoms with Crippen molar-refractivity contribution in [3.05, 3.63) is 24.3 Å². The first-order chi connectivity index (χ1) is 10.1. The average Bonchev–Trinajstić information content (AvgIpc) is 2.53. The maximum atomic E-state index is 12.2. The minimum atomic E-state index is -0.538. The Bertz CT molecular complexity index is 517. The zero-order valence-electron chi connectivity index (χ0n) is 11.9. The van der Waals surface area contributed by atoms with Crippen molar-refractivity contribution in [2.45, 2.75) is 25.3 Å². The number of para-hydroxylation sites is 2. The third-order valence-corrected chi connectivity index (χ3v) is 3.51. The van der Waals surface area contributed by atoms with E-state index in [0.717, 1.165) is 12.8 Å². The highest BCUT2D eigenvalue weighted by Crippen LogP contribution is 2.25. The van der Waals surface area contributed by atoms with Crippen LogP contribution in [-0.2, 0) is 14.3 Å². The van der Waals surface area contributed by atoms with Crippen LogP contribution in [0.25, 0.3) is 0 Å². The molecule has 1 aliphatic rings. The largest absolute Gasteiger partial charge is 0.504 e. The molecule has 0 saturated carbocycles. The first kappa shape index (κ1) is 15.2. The van der Waals surface area contributed by atoms with Crippen molar-refractivity contribution in [1.82, 2.24) is 4.90 Å². The van der Waals surface area contributed by atoms with Gasteiger partial charge in [-0.05, 0) is 31.4 Å². The van der Waals surface area contributed by atoms with Crippen LogP contribution in [0.15, 0.2) is 24.3 Å². The van der Waals surface area contributed by atoms with Crippen LogP contribution in [0, 0.1) is 0 Å². The summed E-state index contributed by atoms with van der Waals surface area (Å²) >= 11 is 0. The predicted molar refractivity (Wildman–Crippen MR) is 75.0 cm³/mol. The fraction of sp³-hybridized carbons (Fsp3) is 0.467. The van der Waals surface area contributed by atoms with Crippen LogP contribution in [0.1, 0.15) is 19.3 Å². The van der Waals surface area contributed by atoms with E-state index in [0.29, 0.717) is 13.0 Å². The van der Waals surface area contributed by atoms with Gasteiger partial charge in [0.2, 0.25) is 0 Å². The van der Waals surface area contributed by atoms with E-state index >= 15 is 0 Å². The van der Waals surface area contributed by atoms with Crippen molar-refractivity contribution in [3.63, 3.8) is 0 Å². The number of carbonyl (C=O) groups excluding carboxylic acids is 2. The summed E-state index contributed by atoms with van der Waals surface area (Å²) in [6.07, 6.45) is 2.36. The molecule has 0 spiro atoms. The highest BCUT2D eigenvalue weighted by atomic mass is 16.5. The first-order valence-corrected chi connectivity index (χ1v) is 6.91. The number of hydrogen-bond donors (Lipinski definition) is 1. The van der Waals surface area contributed by atoms with Gasteiger partial charge in [-0.15, -0.1) is 0 Å². The highest BCUT2D eigenvalue weighted by molar-refractivity contribution is 5.85. The number of amides is 1. The smallest absolute Gasteiger partial charge is 0.328 e. The van der Waals surface area contributed by atoms with Gasteiger partial charge in [0.05, 0.1) is 7.11 Å². The van der Waals surface area contributed by atoms with Gasteiger partial charge < -0.3 is 19.5 Å². The summed E-state index contributed by atoms with van der Waals surface area (Å²) in [5, 5.41) is 9.59. The van der Waals surface area contributed by atoms with Crippen LogP contribution >= 0.6 is 0 Å². The number of nitrogens with zero attached hydrogens (tertiary/aromatic N) is 1. The number of esters is 1. The summed E-state index contributed by atoms with van der Waals surface area (Å²) in [5.41, 5.74) is 0. The Labute approximate surface area is 123 Å². The molecular formula is C15H19NO5. The van der Waals surface area contributed by atoms with Gasteiger partial charge in [-0.1, -0.05) is 12.1 Å². The quantitative estimate of drug-likeness (QED) is 0.847. The van der Waals surface area contributed by atoms with E-state index in [-0.39, 0.29) is 24.0 Å². The van der Waals surface area contributed by atoms with E-state index in [4.69, 9.17) is 9.47 Å². The standard InChI is InChI=1S/C15H19NO5/c1-20-15(19)11-6-4-5-9-16(11)14(18)10-21-13-8-3-2-7-12(13)17/h2-3,7-8,11,17H,4-6,9-10H2,1H3. The molecule has 1 unspecified atom stereocenters. The van der Waals surface area contributed by atoms with E-state index in [9.17, 15) is 14.7 Å². The van der Waals surface area contributed by atoms with E-state index in [1.165, 1.54) is 18.1 Å². The van der Waals surface area contributed by atoms with Gasteiger partial charge in [0.15, 0.2) is 18.1 Å². The minimum Gasteiger partial charge on any atom is -0.504 e. The van der Waals surface area contributed by atoms with Crippen molar-refractivity contribution in [1.29, 1.82) is 0 Å². The van der Waals surface area contributed by atoms with E-state index < -0.39 is 12.0 Å². The molecule has 0 aromatic heterocycles. The molecule has 0 bridgehead atoms. The number of benzene rings is 1. The molecule has 0 radical (unpaired) electrons. The molecule has 1 heterocycles. The highest BCUT2D eigenvalue weighted by Gasteiger charge is 2.32. The number of carbonyl (C=O) groups is 2. The molecule has 1 atom stereocenters. The zero-order chi connectivity index (χ0) is 15.2. The lowest BCUT2D eigenvalue weighted by Crippen LogP contribution is -2.50. The molecule has 114 valence electrons. The number of piperidine rings is 1. The first-order valence-electron chi connectivity index (χ1n) is 6.91. The van der Waals surface area contributed by atoms with Gasteiger partial charge in [0, 0.05) is 6.54 Å². The van der Waals surface area contributed by atoms with E-state index in [2.05, 4.69) is 0 Å². The number of rotatable bonds is 4. The van der Waals surface area contributed by atoms with Crippen LogP contribution in [0.2, 0.25) is 0 Å². The molecule has 1 aromatic carbocycles. The number of aromatic hydroxyl groups is 1. The summed E-state index contributed by atoms with van der Waals surface area (Å²) in [6.45, 7) is 0.299. The summed E-state index contributed by atoms with van der Waals surface area (Å²) in [7, 11) is 1.32. The molecular weight excluding hydrogens is 274 g/mol. The topological polar surface area (TPSA) is 76.1 Å². The molecule has 6 nitrogen and oxygen atoms in total. The molecule has 2 rings (SSSR count). The Morgan fingerprint density at radius 3 is 2.81 bits per heavy atom. The lowest BCUT2D eigenvalue weighted by molar-refractivity contribution is -0.155. The Kier molecular flexibility index (Phi) is 5.03. The van der Waals surface area contributed by atoms with Gasteiger partial charge in [-0.25, -0.2) is 4.79 Å². The van der Waals surface area contributed by atoms with Crippen LogP contribution in [0.5, 0.6) is 11.5 Å². The maximum absolute atomic E-state index is 12.2. The maximum Gasteiger partial charge on any atom is 0.328 e. The number of methoxy groups -OCH3 is 1. The van der Waals surface area contributed by atoms with Crippen molar-refractivity contribution < 1.29 is 24.2 Å². The average molecular weight is 293 g/mol. The molecule has 1 aliphatic heterocycles. The van der Waals surface area contributed by atoms with Gasteiger partial charge in [-0.2, -0.15) is 0 Å². The number of hydrogen-bond acceptors (Lipinski definition) is 5. The number of phenols is 1. The predicted octanol–water partition coefficient (Wildman–Crippen LogP) is 1.33. The molecule has 0 aliphatic carbocycles.